The van der Waals surface area contributed by atoms with E-state index in [2.05, 4.69) is 49.7 Å². The normalized spacial score (nSPS) is 12.8. The van der Waals surface area contributed by atoms with Crippen LogP contribution >= 0.6 is 22.9 Å². The van der Waals surface area contributed by atoms with Crippen LogP contribution in [-0.2, 0) is 0 Å². The lowest BCUT2D eigenvalue weighted by Crippen LogP contribution is -1.96. The molecule has 0 spiro atoms. The number of halogens is 1. The zero-order valence-electron chi connectivity index (χ0n) is 9.75. The first-order chi connectivity index (χ1) is 7.59. The third-order valence-corrected chi connectivity index (χ3v) is 4.22. The molecule has 0 nitrogen and oxygen atoms in total. The van der Waals surface area contributed by atoms with Crippen molar-refractivity contribution in [1.29, 1.82) is 0 Å². The first-order valence-electron chi connectivity index (χ1n) is 5.33. The number of aryl methyl sites for hydroxylation is 3. The molecule has 0 aliphatic heterocycles. The molecule has 1 unspecified atom stereocenters. The Kier molecular flexibility index (Phi) is 3.36. The molecule has 0 saturated heterocycles. The third kappa shape index (κ3) is 2.16. The van der Waals surface area contributed by atoms with Gasteiger partial charge in [0.2, 0.25) is 0 Å². The van der Waals surface area contributed by atoms with Crippen LogP contribution in [0.25, 0.3) is 0 Å². The van der Waals surface area contributed by atoms with Crippen molar-refractivity contribution in [3.63, 3.8) is 0 Å². The van der Waals surface area contributed by atoms with Gasteiger partial charge < -0.3 is 0 Å². The summed E-state index contributed by atoms with van der Waals surface area (Å²) < 4.78 is 0. The van der Waals surface area contributed by atoms with Crippen molar-refractivity contribution in [3.8, 4) is 0 Å². The molecule has 2 rings (SSSR count). The Bertz CT molecular complexity index is 499. The first kappa shape index (κ1) is 11.7. The topological polar surface area (TPSA) is 0 Å². The quantitative estimate of drug-likeness (QED) is 0.658. The minimum Gasteiger partial charge on any atom is -0.152 e. The number of hydrogen-bond donors (Lipinski definition) is 0. The predicted molar refractivity (Wildman–Crippen MR) is 72.7 cm³/mol. The number of benzene rings is 1. The zero-order chi connectivity index (χ0) is 11.7. The molecule has 0 saturated carbocycles. The molecule has 84 valence electrons. The first-order valence-corrected chi connectivity index (χ1v) is 6.71. The van der Waals surface area contributed by atoms with Gasteiger partial charge in [-0.25, -0.2) is 0 Å². The van der Waals surface area contributed by atoms with Crippen LogP contribution in [0.15, 0.2) is 29.0 Å². The molecule has 2 heteroatoms. The highest BCUT2D eigenvalue weighted by atomic mass is 35.5. The molecular formula is C14H15ClS. The van der Waals surface area contributed by atoms with Crippen molar-refractivity contribution >= 4 is 22.9 Å². The Labute approximate surface area is 106 Å². The van der Waals surface area contributed by atoms with Crippen LogP contribution < -0.4 is 0 Å². The monoisotopic (exact) mass is 250 g/mol. The molecule has 2 aromatic rings. The molecule has 0 radical (unpaired) electrons. The number of hydrogen-bond acceptors (Lipinski definition) is 1. The zero-order valence-corrected chi connectivity index (χ0v) is 11.3. The van der Waals surface area contributed by atoms with E-state index in [0.717, 1.165) is 0 Å². The van der Waals surface area contributed by atoms with E-state index in [0.29, 0.717) is 0 Å². The Morgan fingerprint density at radius 1 is 1.00 bits per heavy atom. The molecule has 0 aliphatic carbocycles. The summed E-state index contributed by atoms with van der Waals surface area (Å²) >= 11 is 8.26. The van der Waals surface area contributed by atoms with E-state index in [1.807, 2.05) is 0 Å². The highest BCUT2D eigenvalue weighted by molar-refractivity contribution is 7.08. The van der Waals surface area contributed by atoms with E-state index in [1.54, 1.807) is 11.3 Å². The highest BCUT2D eigenvalue weighted by Gasteiger charge is 2.15. The van der Waals surface area contributed by atoms with Crippen LogP contribution in [0.3, 0.4) is 0 Å². The fourth-order valence-electron chi connectivity index (χ4n) is 1.91. The van der Waals surface area contributed by atoms with Gasteiger partial charge in [0, 0.05) is 0 Å². The molecule has 0 fully saturated rings. The minimum absolute atomic E-state index is 0.0214. The lowest BCUT2D eigenvalue weighted by atomic mass is 9.98. The maximum atomic E-state index is 6.54. The van der Waals surface area contributed by atoms with Gasteiger partial charge in [0.25, 0.3) is 0 Å². The largest absolute Gasteiger partial charge is 0.152 e. The fourth-order valence-corrected chi connectivity index (χ4v) is 3.34. The Morgan fingerprint density at radius 2 is 1.75 bits per heavy atom. The van der Waals surface area contributed by atoms with E-state index in [-0.39, 0.29) is 5.38 Å². The maximum Gasteiger partial charge on any atom is 0.0848 e. The van der Waals surface area contributed by atoms with Crippen LogP contribution in [0.5, 0.6) is 0 Å². The average Bonchev–Trinajstić information content (AvgIpc) is 2.63. The lowest BCUT2D eigenvalue weighted by Gasteiger charge is -2.13. The summed E-state index contributed by atoms with van der Waals surface area (Å²) in [6.07, 6.45) is 0. The molecule has 0 N–H and O–H groups in total. The molecule has 1 atom stereocenters. The van der Waals surface area contributed by atoms with Gasteiger partial charge in [-0.05, 0) is 53.8 Å². The number of rotatable bonds is 2. The van der Waals surface area contributed by atoms with E-state index in [9.17, 15) is 0 Å². The highest BCUT2D eigenvalue weighted by Crippen LogP contribution is 2.34. The SMILES string of the molecule is Cc1ccc(C(Cl)c2cscc2C)c(C)c1. The van der Waals surface area contributed by atoms with E-state index in [1.165, 1.54) is 27.8 Å². The second-order valence-corrected chi connectivity index (χ2v) is 5.41. The maximum absolute atomic E-state index is 6.54. The van der Waals surface area contributed by atoms with Crippen molar-refractivity contribution in [2.45, 2.75) is 26.1 Å². The second-order valence-electron chi connectivity index (χ2n) is 4.23. The molecule has 1 aromatic carbocycles. The van der Waals surface area contributed by atoms with Gasteiger partial charge in [-0.1, -0.05) is 23.8 Å². The van der Waals surface area contributed by atoms with Gasteiger partial charge in [-0.3, -0.25) is 0 Å². The second kappa shape index (κ2) is 4.60. The summed E-state index contributed by atoms with van der Waals surface area (Å²) in [4.78, 5) is 0. The lowest BCUT2D eigenvalue weighted by molar-refractivity contribution is 1.10. The summed E-state index contributed by atoms with van der Waals surface area (Å²) in [7, 11) is 0. The Balaban J connectivity index is 2.41. The Morgan fingerprint density at radius 3 is 2.31 bits per heavy atom. The summed E-state index contributed by atoms with van der Waals surface area (Å²) in [5.74, 6) is 0. The average molecular weight is 251 g/mol. The van der Waals surface area contributed by atoms with Crippen molar-refractivity contribution in [2.75, 3.05) is 0 Å². The van der Waals surface area contributed by atoms with Gasteiger partial charge in [0.05, 0.1) is 5.38 Å². The summed E-state index contributed by atoms with van der Waals surface area (Å²) in [6.45, 7) is 6.35. The van der Waals surface area contributed by atoms with Crippen LogP contribution in [0, 0.1) is 20.8 Å². The van der Waals surface area contributed by atoms with Crippen molar-refractivity contribution in [1.82, 2.24) is 0 Å². The van der Waals surface area contributed by atoms with Crippen LogP contribution in [0.1, 0.15) is 33.2 Å². The van der Waals surface area contributed by atoms with Crippen LogP contribution in [0.4, 0.5) is 0 Å². The van der Waals surface area contributed by atoms with Crippen LogP contribution in [-0.4, -0.2) is 0 Å². The van der Waals surface area contributed by atoms with Gasteiger partial charge in [0.15, 0.2) is 0 Å². The summed E-state index contributed by atoms with van der Waals surface area (Å²) in [5, 5.41) is 4.27. The molecule has 0 aliphatic rings. The van der Waals surface area contributed by atoms with Gasteiger partial charge >= 0.3 is 0 Å². The molecule has 0 amide bonds. The van der Waals surface area contributed by atoms with Crippen LogP contribution in [0.2, 0.25) is 0 Å². The number of thiophene rings is 1. The predicted octanol–water partition coefficient (Wildman–Crippen LogP) is 5.00. The molecule has 16 heavy (non-hydrogen) atoms. The molecule has 0 bridgehead atoms. The molecule has 1 aromatic heterocycles. The standard InChI is InChI=1S/C14H15ClS/c1-9-4-5-12(10(2)6-9)14(15)13-8-16-7-11(13)3/h4-8,14H,1-3H3. The van der Waals surface area contributed by atoms with E-state index >= 15 is 0 Å². The third-order valence-electron chi connectivity index (χ3n) is 2.87. The van der Waals surface area contributed by atoms with E-state index in [4.69, 9.17) is 11.6 Å². The van der Waals surface area contributed by atoms with Crippen molar-refractivity contribution in [3.05, 3.63) is 56.8 Å². The van der Waals surface area contributed by atoms with Crippen molar-refractivity contribution in [2.24, 2.45) is 0 Å². The molecule has 1 heterocycles. The van der Waals surface area contributed by atoms with Gasteiger partial charge in [0.1, 0.15) is 0 Å². The summed E-state index contributed by atoms with van der Waals surface area (Å²) in [5.41, 5.74) is 6.29. The smallest absolute Gasteiger partial charge is 0.0848 e. The molecular weight excluding hydrogens is 236 g/mol. The fraction of sp³-hybridized carbons (Fsp3) is 0.286. The van der Waals surface area contributed by atoms with Gasteiger partial charge in [-0.15, -0.1) is 11.6 Å². The van der Waals surface area contributed by atoms with Crippen molar-refractivity contribution < 1.29 is 0 Å². The minimum atomic E-state index is -0.0214. The van der Waals surface area contributed by atoms with Gasteiger partial charge in [-0.2, -0.15) is 11.3 Å². The Hall–Kier alpha value is -0.790. The van der Waals surface area contributed by atoms with E-state index < -0.39 is 0 Å². The number of alkyl halides is 1. The summed E-state index contributed by atoms with van der Waals surface area (Å²) in [6, 6.07) is 6.45.